The number of hydrogen-bond acceptors (Lipinski definition) is 0. The first-order chi connectivity index (χ1) is 13.8. The predicted octanol–water partition coefficient (Wildman–Crippen LogP) is 9.08. The van der Waals surface area contributed by atoms with E-state index in [0.29, 0.717) is 0 Å². The molecule has 0 nitrogen and oxygen atoms in total. The van der Waals surface area contributed by atoms with Crippen molar-refractivity contribution in [2.45, 2.75) is 122 Å². The Hall–Kier alpha value is -0.780. The standard InChI is InChI=1S/C28H46/c1-3-5-7-8-10-24-13-17-26(18-14-24)28-21-19-27(20-22-28)25-15-11-23(12-16-25)9-6-4-2/h13-14,17-18,23,25,27-28H,3-12,15-16,19-22H2,1-2H3. The molecule has 0 unspecified atom stereocenters. The number of rotatable bonds is 10. The van der Waals surface area contributed by atoms with Gasteiger partial charge in [-0.25, -0.2) is 0 Å². The fraction of sp³-hybridized carbons (Fsp3) is 0.786. The van der Waals surface area contributed by atoms with Gasteiger partial charge in [-0.1, -0.05) is 89.5 Å². The monoisotopic (exact) mass is 382 g/mol. The van der Waals surface area contributed by atoms with Crippen molar-refractivity contribution in [3.63, 3.8) is 0 Å². The summed E-state index contributed by atoms with van der Waals surface area (Å²) in [4.78, 5) is 0. The SMILES string of the molecule is CCCCCCc1ccc(C2CCC(C3CCC(CCCC)CC3)CC2)cc1. The number of benzene rings is 1. The molecule has 2 aliphatic carbocycles. The van der Waals surface area contributed by atoms with Crippen LogP contribution in [0.15, 0.2) is 24.3 Å². The summed E-state index contributed by atoms with van der Waals surface area (Å²) in [5, 5.41) is 0. The van der Waals surface area contributed by atoms with Crippen LogP contribution in [0.2, 0.25) is 0 Å². The van der Waals surface area contributed by atoms with E-state index in [0.717, 1.165) is 23.7 Å². The topological polar surface area (TPSA) is 0 Å². The Morgan fingerprint density at radius 1 is 0.643 bits per heavy atom. The minimum Gasteiger partial charge on any atom is -0.0654 e. The molecule has 0 aromatic heterocycles. The molecule has 158 valence electrons. The average Bonchev–Trinajstić information content (AvgIpc) is 2.76. The van der Waals surface area contributed by atoms with Crippen molar-refractivity contribution < 1.29 is 0 Å². The molecule has 0 bridgehead atoms. The van der Waals surface area contributed by atoms with E-state index in [1.165, 1.54) is 103 Å². The van der Waals surface area contributed by atoms with Gasteiger partial charge in [0.25, 0.3) is 0 Å². The van der Waals surface area contributed by atoms with Crippen molar-refractivity contribution in [3.05, 3.63) is 35.4 Å². The molecule has 0 saturated heterocycles. The van der Waals surface area contributed by atoms with Crippen molar-refractivity contribution in [2.75, 3.05) is 0 Å². The van der Waals surface area contributed by atoms with Crippen LogP contribution in [-0.2, 0) is 6.42 Å². The van der Waals surface area contributed by atoms with E-state index in [-0.39, 0.29) is 0 Å². The summed E-state index contributed by atoms with van der Waals surface area (Å²) >= 11 is 0. The van der Waals surface area contributed by atoms with Crippen LogP contribution in [0.5, 0.6) is 0 Å². The van der Waals surface area contributed by atoms with E-state index >= 15 is 0 Å². The maximum atomic E-state index is 2.46. The Morgan fingerprint density at radius 2 is 1.25 bits per heavy atom. The van der Waals surface area contributed by atoms with Gasteiger partial charge in [0.1, 0.15) is 0 Å². The lowest BCUT2D eigenvalue weighted by Gasteiger charge is -2.38. The second-order valence-corrected chi connectivity index (χ2v) is 10.1. The highest BCUT2D eigenvalue weighted by Crippen LogP contribution is 2.44. The van der Waals surface area contributed by atoms with Gasteiger partial charge in [-0.3, -0.25) is 0 Å². The van der Waals surface area contributed by atoms with Crippen LogP contribution in [-0.4, -0.2) is 0 Å². The third-order valence-electron chi connectivity index (χ3n) is 8.07. The van der Waals surface area contributed by atoms with Crippen LogP contribution < -0.4 is 0 Å². The highest BCUT2D eigenvalue weighted by Gasteiger charge is 2.31. The molecule has 1 aromatic rings. The zero-order valence-electron chi connectivity index (χ0n) is 18.9. The fourth-order valence-corrected chi connectivity index (χ4v) is 6.08. The van der Waals surface area contributed by atoms with Gasteiger partial charge in [-0.15, -0.1) is 0 Å². The van der Waals surface area contributed by atoms with E-state index in [1.807, 2.05) is 0 Å². The lowest BCUT2D eigenvalue weighted by Crippen LogP contribution is -2.25. The largest absolute Gasteiger partial charge is 0.0654 e. The van der Waals surface area contributed by atoms with Crippen LogP contribution in [0.1, 0.15) is 127 Å². The second kappa shape index (κ2) is 12.0. The van der Waals surface area contributed by atoms with E-state index in [2.05, 4.69) is 38.1 Å². The number of hydrogen-bond donors (Lipinski definition) is 0. The van der Waals surface area contributed by atoms with Gasteiger partial charge in [-0.05, 0) is 86.2 Å². The molecule has 2 saturated carbocycles. The zero-order chi connectivity index (χ0) is 19.6. The first kappa shape index (κ1) is 21.9. The molecule has 2 aliphatic rings. The third-order valence-corrected chi connectivity index (χ3v) is 8.07. The van der Waals surface area contributed by atoms with Gasteiger partial charge >= 0.3 is 0 Å². The Labute approximate surface area is 175 Å². The summed E-state index contributed by atoms with van der Waals surface area (Å²) in [5.74, 6) is 4.00. The molecule has 28 heavy (non-hydrogen) atoms. The maximum Gasteiger partial charge on any atom is -0.0162 e. The minimum atomic E-state index is 0.839. The summed E-state index contributed by atoms with van der Waals surface area (Å²) in [7, 11) is 0. The lowest BCUT2D eigenvalue weighted by atomic mass is 9.68. The van der Waals surface area contributed by atoms with Crippen LogP contribution in [0.3, 0.4) is 0 Å². The van der Waals surface area contributed by atoms with Crippen molar-refractivity contribution in [2.24, 2.45) is 17.8 Å². The Kier molecular flexibility index (Phi) is 9.42. The minimum absolute atomic E-state index is 0.839. The normalized spacial score (nSPS) is 28.4. The second-order valence-electron chi connectivity index (χ2n) is 10.1. The molecular formula is C28H46. The van der Waals surface area contributed by atoms with Crippen LogP contribution in [0.25, 0.3) is 0 Å². The quantitative estimate of drug-likeness (QED) is 0.354. The molecule has 0 radical (unpaired) electrons. The highest BCUT2D eigenvalue weighted by atomic mass is 14.4. The van der Waals surface area contributed by atoms with E-state index < -0.39 is 0 Å². The summed E-state index contributed by atoms with van der Waals surface area (Å²) in [6.07, 6.45) is 23.1. The van der Waals surface area contributed by atoms with Gasteiger partial charge in [0.2, 0.25) is 0 Å². The van der Waals surface area contributed by atoms with Crippen molar-refractivity contribution in [3.8, 4) is 0 Å². The van der Waals surface area contributed by atoms with Crippen LogP contribution >= 0.6 is 0 Å². The zero-order valence-corrected chi connectivity index (χ0v) is 18.9. The Bertz CT molecular complexity index is 511. The third kappa shape index (κ3) is 6.64. The van der Waals surface area contributed by atoms with Crippen molar-refractivity contribution in [1.82, 2.24) is 0 Å². The molecule has 0 heterocycles. The molecule has 0 spiro atoms. The van der Waals surface area contributed by atoms with Gasteiger partial charge < -0.3 is 0 Å². The maximum absolute atomic E-state index is 2.46. The van der Waals surface area contributed by atoms with Crippen LogP contribution in [0, 0.1) is 17.8 Å². The molecule has 0 amide bonds. The molecule has 0 N–H and O–H groups in total. The first-order valence-corrected chi connectivity index (χ1v) is 12.9. The molecular weight excluding hydrogens is 336 g/mol. The van der Waals surface area contributed by atoms with Crippen molar-refractivity contribution >= 4 is 0 Å². The Balaban J connectivity index is 1.38. The Morgan fingerprint density at radius 3 is 1.86 bits per heavy atom. The molecule has 3 rings (SSSR count). The summed E-state index contributed by atoms with van der Waals surface area (Å²) in [5.41, 5.74) is 3.17. The fourth-order valence-electron chi connectivity index (χ4n) is 6.08. The van der Waals surface area contributed by atoms with Gasteiger partial charge in [-0.2, -0.15) is 0 Å². The molecule has 0 atom stereocenters. The summed E-state index contributed by atoms with van der Waals surface area (Å²) in [6.45, 7) is 4.63. The van der Waals surface area contributed by atoms with Gasteiger partial charge in [0, 0.05) is 0 Å². The number of unbranched alkanes of at least 4 members (excludes halogenated alkanes) is 4. The van der Waals surface area contributed by atoms with E-state index in [9.17, 15) is 0 Å². The molecule has 2 fully saturated rings. The smallest absolute Gasteiger partial charge is 0.0162 e. The molecule has 0 aliphatic heterocycles. The van der Waals surface area contributed by atoms with E-state index in [1.54, 1.807) is 11.1 Å². The van der Waals surface area contributed by atoms with E-state index in [4.69, 9.17) is 0 Å². The average molecular weight is 383 g/mol. The number of aryl methyl sites for hydroxylation is 1. The molecule has 0 heteroatoms. The highest BCUT2D eigenvalue weighted by molar-refractivity contribution is 5.26. The van der Waals surface area contributed by atoms with Crippen molar-refractivity contribution in [1.29, 1.82) is 0 Å². The lowest BCUT2D eigenvalue weighted by molar-refractivity contribution is 0.156. The summed E-state index contributed by atoms with van der Waals surface area (Å²) < 4.78 is 0. The molecule has 1 aromatic carbocycles. The first-order valence-electron chi connectivity index (χ1n) is 12.9. The van der Waals surface area contributed by atoms with Gasteiger partial charge in [0.05, 0.1) is 0 Å². The predicted molar refractivity (Wildman–Crippen MR) is 124 cm³/mol. The van der Waals surface area contributed by atoms with Gasteiger partial charge in [0.15, 0.2) is 0 Å². The van der Waals surface area contributed by atoms with Crippen LogP contribution in [0.4, 0.5) is 0 Å². The summed E-state index contributed by atoms with van der Waals surface area (Å²) in [6, 6.07) is 9.76.